The highest BCUT2D eigenvalue weighted by atomic mass is 14.1. The van der Waals surface area contributed by atoms with Gasteiger partial charge in [0, 0.05) is 0 Å². The molecule has 1 rings (SSSR count). The lowest BCUT2D eigenvalue weighted by Gasteiger charge is -2.08. The quantitative estimate of drug-likeness (QED) is 0.370. The maximum absolute atomic E-state index is 2.33. The van der Waals surface area contributed by atoms with Gasteiger partial charge in [0.2, 0.25) is 0 Å². The van der Waals surface area contributed by atoms with E-state index < -0.39 is 0 Å². The molecule has 0 saturated heterocycles. The molecule has 1 heteroatoms. The summed E-state index contributed by atoms with van der Waals surface area (Å²) in [6.07, 6.45) is 10.4. The molecule has 0 radical (unpaired) electrons. The molecular weight excluding hydrogens is 107 g/mol. The van der Waals surface area contributed by atoms with Crippen LogP contribution in [-0.4, -0.2) is 7.85 Å². The fraction of sp³-hybridized carbons (Fsp3) is 1.00. The Bertz CT molecular complexity index is 63.0. The van der Waals surface area contributed by atoms with Crippen molar-refractivity contribution in [2.24, 2.45) is 5.92 Å². The highest BCUT2D eigenvalue weighted by Gasteiger charge is 2.08. The molecule has 1 aliphatic rings. The van der Waals surface area contributed by atoms with Gasteiger partial charge >= 0.3 is 0 Å². The molecular formula is C8H17B. The second-order valence-corrected chi connectivity index (χ2v) is 3.27. The van der Waals surface area contributed by atoms with E-state index in [4.69, 9.17) is 0 Å². The van der Waals surface area contributed by atoms with Crippen molar-refractivity contribution in [2.45, 2.75) is 44.8 Å². The van der Waals surface area contributed by atoms with E-state index in [0.29, 0.717) is 0 Å². The van der Waals surface area contributed by atoms with Gasteiger partial charge in [0.15, 0.2) is 0 Å². The van der Waals surface area contributed by atoms with E-state index in [-0.39, 0.29) is 0 Å². The van der Waals surface area contributed by atoms with Gasteiger partial charge in [-0.05, 0) is 5.92 Å². The van der Waals surface area contributed by atoms with Crippen molar-refractivity contribution in [3.63, 3.8) is 0 Å². The molecule has 0 spiro atoms. The van der Waals surface area contributed by atoms with Crippen LogP contribution in [0.5, 0.6) is 0 Å². The summed E-state index contributed by atoms with van der Waals surface area (Å²) in [7, 11) is 2.33. The van der Waals surface area contributed by atoms with Gasteiger partial charge in [0.25, 0.3) is 0 Å². The van der Waals surface area contributed by atoms with E-state index in [1.165, 1.54) is 44.8 Å². The van der Waals surface area contributed by atoms with E-state index >= 15 is 0 Å². The van der Waals surface area contributed by atoms with Crippen molar-refractivity contribution in [2.75, 3.05) is 0 Å². The van der Waals surface area contributed by atoms with Crippen LogP contribution in [0.25, 0.3) is 0 Å². The predicted molar refractivity (Wildman–Crippen MR) is 44.5 cm³/mol. The molecule has 1 aliphatic carbocycles. The predicted octanol–water partition coefficient (Wildman–Crippen LogP) is 2.01. The van der Waals surface area contributed by atoms with Gasteiger partial charge in [-0.15, -0.1) is 0 Å². The molecule has 52 valence electrons. The van der Waals surface area contributed by atoms with Gasteiger partial charge < -0.3 is 0 Å². The largest absolute Gasteiger partial charge is 0.101 e. The Hall–Kier alpha value is 0.0649. The number of rotatable bonds is 1. The van der Waals surface area contributed by atoms with Crippen LogP contribution in [-0.2, 0) is 0 Å². The fourth-order valence-corrected chi connectivity index (χ4v) is 1.77. The Labute approximate surface area is 59.4 Å². The van der Waals surface area contributed by atoms with Gasteiger partial charge in [-0.2, -0.15) is 0 Å². The lowest BCUT2D eigenvalue weighted by Crippen LogP contribution is -1.95. The summed E-state index contributed by atoms with van der Waals surface area (Å²) < 4.78 is 0. The minimum absolute atomic E-state index is 1.08. The van der Waals surface area contributed by atoms with Crippen molar-refractivity contribution in [1.29, 1.82) is 0 Å². The third-order valence-corrected chi connectivity index (χ3v) is 2.55. The smallest absolute Gasteiger partial charge is 0.0783 e. The summed E-state index contributed by atoms with van der Waals surface area (Å²) in [4.78, 5) is 0. The van der Waals surface area contributed by atoms with Crippen LogP contribution in [0.15, 0.2) is 0 Å². The molecule has 0 nitrogen and oxygen atoms in total. The third kappa shape index (κ3) is 2.42. The van der Waals surface area contributed by atoms with Crippen LogP contribution >= 0.6 is 0 Å². The molecule has 0 heterocycles. The Balaban J connectivity index is 2.18. The molecule has 0 aromatic rings. The Morgan fingerprint density at radius 3 is 2.00 bits per heavy atom. The number of hydrogen-bond donors (Lipinski definition) is 0. The fourth-order valence-electron chi connectivity index (χ4n) is 1.77. The first-order chi connectivity index (χ1) is 4.43. The summed E-state index contributed by atoms with van der Waals surface area (Å²) in [6.45, 7) is 0. The average Bonchev–Trinajstić information content (AvgIpc) is 2.13. The van der Waals surface area contributed by atoms with E-state index in [0.717, 1.165) is 5.92 Å². The standard InChI is InChI=1S/C8H17B/c9-7-8-5-3-1-2-4-6-8/h8H,1-7,9H2. The first-order valence-electron chi connectivity index (χ1n) is 4.43. The molecule has 0 amide bonds. The second kappa shape index (κ2) is 3.97. The maximum atomic E-state index is 2.33. The van der Waals surface area contributed by atoms with Crippen LogP contribution in [0.3, 0.4) is 0 Å². The summed E-state index contributed by atoms with van der Waals surface area (Å²) in [6, 6.07) is 0. The summed E-state index contributed by atoms with van der Waals surface area (Å²) >= 11 is 0. The first-order valence-corrected chi connectivity index (χ1v) is 4.43. The molecule has 0 atom stereocenters. The minimum Gasteiger partial charge on any atom is -0.0783 e. The zero-order valence-corrected chi connectivity index (χ0v) is 6.53. The topological polar surface area (TPSA) is 0 Å². The van der Waals surface area contributed by atoms with Crippen molar-refractivity contribution < 1.29 is 0 Å². The van der Waals surface area contributed by atoms with E-state index in [9.17, 15) is 0 Å². The van der Waals surface area contributed by atoms with Crippen LogP contribution in [0.1, 0.15) is 38.5 Å². The molecule has 0 aromatic carbocycles. The minimum atomic E-state index is 1.08. The molecule has 0 unspecified atom stereocenters. The van der Waals surface area contributed by atoms with E-state index in [2.05, 4.69) is 7.85 Å². The summed E-state index contributed by atoms with van der Waals surface area (Å²) in [5.41, 5.74) is 0. The zero-order valence-electron chi connectivity index (χ0n) is 6.53. The molecule has 1 fully saturated rings. The van der Waals surface area contributed by atoms with Gasteiger partial charge in [-0.1, -0.05) is 44.8 Å². The van der Waals surface area contributed by atoms with Gasteiger partial charge in [-0.25, -0.2) is 0 Å². The summed E-state index contributed by atoms with van der Waals surface area (Å²) in [5.74, 6) is 1.08. The second-order valence-electron chi connectivity index (χ2n) is 3.27. The van der Waals surface area contributed by atoms with Crippen LogP contribution in [0.4, 0.5) is 0 Å². The third-order valence-electron chi connectivity index (χ3n) is 2.55. The van der Waals surface area contributed by atoms with Crippen molar-refractivity contribution in [1.82, 2.24) is 0 Å². The van der Waals surface area contributed by atoms with Gasteiger partial charge in [0.1, 0.15) is 7.85 Å². The molecule has 9 heavy (non-hydrogen) atoms. The Kier molecular flexibility index (Phi) is 3.17. The number of hydrogen-bond acceptors (Lipinski definition) is 0. The Morgan fingerprint density at radius 1 is 1.00 bits per heavy atom. The Morgan fingerprint density at radius 2 is 1.56 bits per heavy atom. The molecule has 0 N–H and O–H groups in total. The monoisotopic (exact) mass is 124 g/mol. The van der Waals surface area contributed by atoms with Crippen molar-refractivity contribution in [3.8, 4) is 0 Å². The van der Waals surface area contributed by atoms with Gasteiger partial charge in [-0.3, -0.25) is 0 Å². The first kappa shape index (κ1) is 7.18. The normalized spacial score (nSPS) is 23.6. The van der Waals surface area contributed by atoms with Crippen LogP contribution < -0.4 is 0 Å². The van der Waals surface area contributed by atoms with Crippen LogP contribution in [0.2, 0.25) is 6.32 Å². The molecule has 0 aromatic heterocycles. The van der Waals surface area contributed by atoms with Crippen molar-refractivity contribution in [3.05, 3.63) is 0 Å². The lowest BCUT2D eigenvalue weighted by atomic mass is 9.86. The molecule has 0 bridgehead atoms. The average molecular weight is 124 g/mol. The summed E-state index contributed by atoms with van der Waals surface area (Å²) in [5, 5.41) is 0. The SMILES string of the molecule is BCC1CCCCCC1. The zero-order chi connectivity index (χ0) is 6.53. The van der Waals surface area contributed by atoms with E-state index in [1.54, 1.807) is 0 Å². The van der Waals surface area contributed by atoms with Crippen LogP contribution in [0, 0.1) is 5.92 Å². The molecule has 1 saturated carbocycles. The van der Waals surface area contributed by atoms with Crippen molar-refractivity contribution >= 4 is 7.85 Å². The maximum Gasteiger partial charge on any atom is 0.101 e. The highest BCUT2D eigenvalue weighted by Crippen LogP contribution is 2.24. The van der Waals surface area contributed by atoms with E-state index in [1.807, 2.05) is 0 Å². The highest BCUT2D eigenvalue weighted by molar-refractivity contribution is 6.08. The molecule has 0 aliphatic heterocycles. The lowest BCUT2D eigenvalue weighted by molar-refractivity contribution is 0.505. The van der Waals surface area contributed by atoms with Gasteiger partial charge in [0.05, 0.1) is 0 Å².